The van der Waals surface area contributed by atoms with Crippen LogP contribution in [0.25, 0.3) is 0 Å². The van der Waals surface area contributed by atoms with Crippen molar-refractivity contribution in [2.45, 2.75) is 25.0 Å². The fourth-order valence-electron chi connectivity index (χ4n) is 3.19. The largest absolute Gasteiger partial charge is 0.502 e. The van der Waals surface area contributed by atoms with Crippen molar-refractivity contribution in [1.29, 1.82) is 0 Å². The van der Waals surface area contributed by atoms with Crippen LogP contribution < -0.4 is 5.32 Å². The third-order valence-corrected chi connectivity index (χ3v) is 4.56. The molecule has 2 unspecified atom stereocenters. The molecule has 1 aliphatic heterocycles. The lowest BCUT2D eigenvalue weighted by atomic mass is 10.0. The zero-order chi connectivity index (χ0) is 21.2. The Kier molecular flexibility index (Phi) is 5.78. The number of halogens is 4. The molecule has 0 radical (unpaired) electrons. The van der Waals surface area contributed by atoms with Crippen LogP contribution >= 0.6 is 0 Å². The summed E-state index contributed by atoms with van der Waals surface area (Å²) in [6.45, 7) is -0.301. The van der Waals surface area contributed by atoms with Gasteiger partial charge in [-0.05, 0) is 23.3 Å². The van der Waals surface area contributed by atoms with Crippen molar-refractivity contribution >= 4 is 5.91 Å². The van der Waals surface area contributed by atoms with E-state index in [1.54, 1.807) is 30.3 Å². The first-order chi connectivity index (χ1) is 13.7. The number of benzene rings is 2. The molecule has 3 rings (SSSR count). The fourth-order valence-corrected chi connectivity index (χ4v) is 3.19. The van der Waals surface area contributed by atoms with E-state index in [0.717, 1.165) is 22.7 Å². The zero-order valence-corrected chi connectivity index (χ0v) is 15.3. The van der Waals surface area contributed by atoms with E-state index in [4.69, 9.17) is 4.74 Å². The van der Waals surface area contributed by atoms with Crippen molar-refractivity contribution in [1.82, 2.24) is 10.2 Å². The molecular formula is C20H18F4N2O3. The average molecular weight is 410 g/mol. The Morgan fingerprint density at radius 2 is 1.90 bits per heavy atom. The van der Waals surface area contributed by atoms with Crippen LogP contribution in [-0.4, -0.2) is 29.2 Å². The van der Waals surface area contributed by atoms with Gasteiger partial charge in [-0.25, -0.2) is 4.39 Å². The summed E-state index contributed by atoms with van der Waals surface area (Å²) in [5.41, 5.74) is -0.651. The Labute approximate surface area is 164 Å². The smallest absolute Gasteiger partial charge is 0.419 e. The number of carbonyl (C=O) groups excluding carboxylic acids is 1. The standard InChI is InChI=1S/C20H18F4N2O3/c1-29-17(13-5-3-2-4-6-13)18-25-10-16(27)19(28)26(18)11-12-7-8-15(21)14(9-12)20(22,23)24/h2-10,17-18,25,27H,11H2,1H3. The molecule has 0 bridgehead atoms. The Bertz CT molecular complexity index is 916. The lowest BCUT2D eigenvalue weighted by Crippen LogP contribution is -2.54. The number of hydrogen-bond donors (Lipinski definition) is 2. The number of aliphatic hydroxyl groups is 1. The minimum Gasteiger partial charge on any atom is -0.502 e. The highest BCUT2D eigenvalue weighted by Crippen LogP contribution is 2.33. The topological polar surface area (TPSA) is 61.8 Å². The predicted octanol–water partition coefficient (Wildman–Crippen LogP) is 3.89. The number of nitrogens with one attached hydrogen (secondary N) is 1. The number of methoxy groups -OCH3 is 1. The molecule has 154 valence electrons. The lowest BCUT2D eigenvalue weighted by molar-refractivity contribution is -0.140. The van der Waals surface area contributed by atoms with Crippen LogP contribution in [-0.2, 0) is 22.3 Å². The molecule has 1 amide bonds. The summed E-state index contributed by atoms with van der Waals surface area (Å²) in [6.07, 6.45) is -5.24. The van der Waals surface area contributed by atoms with E-state index in [0.29, 0.717) is 12.1 Å². The highest BCUT2D eigenvalue weighted by molar-refractivity contribution is 5.92. The van der Waals surface area contributed by atoms with Gasteiger partial charge in [-0.2, -0.15) is 13.2 Å². The highest BCUT2D eigenvalue weighted by atomic mass is 19.4. The molecule has 1 aliphatic rings. The maximum atomic E-state index is 13.6. The predicted molar refractivity (Wildman–Crippen MR) is 95.8 cm³/mol. The van der Waals surface area contributed by atoms with E-state index in [-0.39, 0.29) is 12.1 Å². The van der Waals surface area contributed by atoms with Gasteiger partial charge in [-0.3, -0.25) is 4.79 Å². The Balaban J connectivity index is 1.96. The fraction of sp³-hybridized carbons (Fsp3) is 0.250. The lowest BCUT2D eigenvalue weighted by Gasteiger charge is -2.39. The van der Waals surface area contributed by atoms with Gasteiger partial charge in [0.25, 0.3) is 5.91 Å². The van der Waals surface area contributed by atoms with Gasteiger partial charge in [0.15, 0.2) is 5.76 Å². The molecule has 5 nitrogen and oxygen atoms in total. The number of alkyl halides is 3. The van der Waals surface area contributed by atoms with E-state index >= 15 is 0 Å². The number of aliphatic hydroxyl groups excluding tert-OH is 1. The second-order valence-electron chi connectivity index (χ2n) is 6.45. The Hall–Kier alpha value is -3.07. The number of nitrogens with zero attached hydrogens (tertiary/aromatic N) is 1. The van der Waals surface area contributed by atoms with Gasteiger partial charge in [-0.15, -0.1) is 0 Å². The van der Waals surface area contributed by atoms with E-state index in [2.05, 4.69) is 5.32 Å². The number of hydrogen-bond acceptors (Lipinski definition) is 4. The van der Waals surface area contributed by atoms with Crippen molar-refractivity contribution in [2.75, 3.05) is 7.11 Å². The summed E-state index contributed by atoms with van der Waals surface area (Å²) >= 11 is 0. The quantitative estimate of drug-likeness (QED) is 0.735. The van der Waals surface area contributed by atoms with E-state index in [1.165, 1.54) is 7.11 Å². The maximum absolute atomic E-state index is 13.6. The van der Waals surface area contributed by atoms with E-state index in [9.17, 15) is 27.5 Å². The molecule has 1 heterocycles. The van der Waals surface area contributed by atoms with Crippen LogP contribution in [0.5, 0.6) is 0 Å². The number of rotatable bonds is 5. The van der Waals surface area contributed by atoms with Crippen molar-refractivity contribution in [3.05, 3.63) is 83.0 Å². The third-order valence-electron chi connectivity index (χ3n) is 4.56. The summed E-state index contributed by atoms with van der Waals surface area (Å²) < 4.78 is 58.2. The SMILES string of the molecule is COC(c1ccccc1)C1NC=C(O)C(=O)N1Cc1ccc(F)c(C(F)(F)F)c1. The summed E-state index contributed by atoms with van der Waals surface area (Å²) in [4.78, 5) is 13.7. The zero-order valence-electron chi connectivity index (χ0n) is 15.3. The molecule has 0 saturated carbocycles. The third kappa shape index (κ3) is 4.34. The monoisotopic (exact) mass is 410 g/mol. The minimum atomic E-state index is -4.87. The van der Waals surface area contributed by atoms with Crippen LogP contribution in [0.1, 0.15) is 22.8 Å². The molecule has 0 fully saturated rings. The molecule has 0 saturated heterocycles. The molecule has 0 aromatic heterocycles. The average Bonchev–Trinajstić information content (AvgIpc) is 2.69. The maximum Gasteiger partial charge on any atom is 0.419 e. The molecule has 29 heavy (non-hydrogen) atoms. The summed E-state index contributed by atoms with van der Waals surface area (Å²) in [5.74, 6) is -2.78. The molecule has 2 aromatic rings. The molecule has 0 spiro atoms. The van der Waals surface area contributed by atoms with Gasteiger partial charge in [0, 0.05) is 19.9 Å². The minimum absolute atomic E-state index is 0.0523. The van der Waals surface area contributed by atoms with Gasteiger partial charge < -0.3 is 20.1 Å². The number of ether oxygens (including phenoxy) is 1. The van der Waals surface area contributed by atoms with E-state index < -0.39 is 41.5 Å². The van der Waals surface area contributed by atoms with Gasteiger partial charge in [0.1, 0.15) is 18.1 Å². The van der Waals surface area contributed by atoms with Crippen molar-refractivity contribution in [3.63, 3.8) is 0 Å². The van der Waals surface area contributed by atoms with Gasteiger partial charge in [0.2, 0.25) is 0 Å². The van der Waals surface area contributed by atoms with E-state index in [1.807, 2.05) is 0 Å². The van der Waals surface area contributed by atoms with Gasteiger partial charge >= 0.3 is 6.18 Å². The second-order valence-corrected chi connectivity index (χ2v) is 6.45. The van der Waals surface area contributed by atoms with Crippen LogP contribution in [0.3, 0.4) is 0 Å². The van der Waals surface area contributed by atoms with Gasteiger partial charge in [0.05, 0.1) is 5.56 Å². The number of amides is 1. The molecule has 0 aliphatic carbocycles. The first-order valence-corrected chi connectivity index (χ1v) is 8.62. The summed E-state index contributed by atoms with van der Waals surface area (Å²) in [6, 6.07) is 11.4. The van der Waals surface area contributed by atoms with Crippen LogP contribution in [0.15, 0.2) is 60.5 Å². The number of carbonyl (C=O) groups is 1. The molecule has 9 heteroatoms. The van der Waals surface area contributed by atoms with Crippen molar-refractivity contribution in [2.24, 2.45) is 0 Å². The van der Waals surface area contributed by atoms with Crippen molar-refractivity contribution in [3.8, 4) is 0 Å². The van der Waals surface area contributed by atoms with Crippen LogP contribution in [0.4, 0.5) is 17.6 Å². The van der Waals surface area contributed by atoms with Crippen LogP contribution in [0.2, 0.25) is 0 Å². The summed E-state index contributed by atoms with van der Waals surface area (Å²) in [5, 5.41) is 12.7. The van der Waals surface area contributed by atoms with Crippen LogP contribution in [0, 0.1) is 5.82 Å². The first-order valence-electron chi connectivity index (χ1n) is 8.62. The molecule has 2 atom stereocenters. The second kappa shape index (κ2) is 8.12. The summed E-state index contributed by atoms with van der Waals surface area (Å²) in [7, 11) is 1.43. The first kappa shape index (κ1) is 20.7. The normalized spacial score (nSPS) is 18.2. The molecule has 2 aromatic carbocycles. The van der Waals surface area contributed by atoms with Crippen molar-refractivity contribution < 1.29 is 32.2 Å². The molecular weight excluding hydrogens is 392 g/mol. The highest BCUT2D eigenvalue weighted by Gasteiger charge is 2.38. The van der Waals surface area contributed by atoms with Gasteiger partial charge in [-0.1, -0.05) is 36.4 Å². The molecule has 2 N–H and O–H groups in total. The Morgan fingerprint density at radius 1 is 1.21 bits per heavy atom. The Morgan fingerprint density at radius 3 is 2.52 bits per heavy atom.